The van der Waals surface area contributed by atoms with Crippen LogP contribution in [0.3, 0.4) is 0 Å². The zero-order chi connectivity index (χ0) is 14.7. The third kappa shape index (κ3) is 2.64. The molecule has 1 fully saturated rings. The van der Waals surface area contributed by atoms with Crippen LogP contribution >= 0.6 is 0 Å². The number of ether oxygens (including phenoxy) is 2. The Labute approximate surface area is 119 Å². The molecule has 1 aliphatic heterocycles. The van der Waals surface area contributed by atoms with Crippen LogP contribution in [0.15, 0.2) is 12.1 Å². The minimum atomic E-state index is 0.201. The third-order valence-electron chi connectivity index (χ3n) is 3.99. The SMILES string of the molecule is COc1cc(C=O)cc(C2CC(CN)CN2C)c1OC. The average Bonchev–Trinajstić information content (AvgIpc) is 2.86. The van der Waals surface area contributed by atoms with Crippen LogP contribution in [0.4, 0.5) is 0 Å². The number of benzene rings is 1. The number of aldehydes is 1. The van der Waals surface area contributed by atoms with Crippen LogP contribution in [-0.2, 0) is 0 Å². The van der Waals surface area contributed by atoms with Gasteiger partial charge in [0.25, 0.3) is 0 Å². The highest BCUT2D eigenvalue weighted by atomic mass is 16.5. The molecule has 110 valence electrons. The van der Waals surface area contributed by atoms with Crippen molar-refractivity contribution >= 4 is 6.29 Å². The summed E-state index contributed by atoms with van der Waals surface area (Å²) in [6.07, 6.45) is 1.80. The molecule has 1 aliphatic rings. The molecule has 20 heavy (non-hydrogen) atoms. The van der Waals surface area contributed by atoms with Crippen LogP contribution in [0.1, 0.15) is 28.4 Å². The minimum Gasteiger partial charge on any atom is -0.493 e. The van der Waals surface area contributed by atoms with Gasteiger partial charge in [0.15, 0.2) is 11.5 Å². The minimum absolute atomic E-state index is 0.201. The molecule has 2 atom stereocenters. The molecule has 1 aromatic carbocycles. The van der Waals surface area contributed by atoms with E-state index in [9.17, 15) is 4.79 Å². The second kappa shape index (κ2) is 6.24. The highest BCUT2D eigenvalue weighted by molar-refractivity contribution is 5.77. The van der Waals surface area contributed by atoms with E-state index in [2.05, 4.69) is 11.9 Å². The van der Waals surface area contributed by atoms with Crippen LogP contribution in [0.5, 0.6) is 11.5 Å². The Balaban J connectivity index is 2.46. The number of hydrogen-bond acceptors (Lipinski definition) is 5. The number of carbonyl (C=O) groups is 1. The molecule has 0 saturated carbocycles. The summed E-state index contributed by atoms with van der Waals surface area (Å²) in [5.41, 5.74) is 7.37. The Kier molecular flexibility index (Phi) is 4.62. The second-order valence-corrected chi connectivity index (χ2v) is 5.26. The number of nitrogens with zero attached hydrogens (tertiary/aromatic N) is 1. The zero-order valence-corrected chi connectivity index (χ0v) is 12.3. The van der Waals surface area contributed by atoms with Crippen molar-refractivity contribution in [1.82, 2.24) is 4.90 Å². The van der Waals surface area contributed by atoms with E-state index in [0.717, 1.165) is 24.8 Å². The Bertz CT molecular complexity index is 490. The predicted molar refractivity (Wildman–Crippen MR) is 77.5 cm³/mol. The summed E-state index contributed by atoms with van der Waals surface area (Å²) in [5, 5.41) is 0. The molecule has 1 aromatic rings. The van der Waals surface area contributed by atoms with E-state index in [1.54, 1.807) is 20.3 Å². The topological polar surface area (TPSA) is 64.8 Å². The summed E-state index contributed by atoms with van der Waals surface area (Å²) in [4.78, 5) is 13.4. The number of hydrogen-bond donors (Lipinski definition) is 1. The lowest BCUT2D eigenvalue weighted by Gasteiger charge is -2.23. The van der Waals surface area contributed by atoms with E-state index >= 15 is 0 Å². The number of methoxy groups -OCH3 is 2. The Morgan fingerprint density at radius 1 is 1.40 bits per heavy atom. The monoisotopic (exact) mass is 278 g/mol. The van der Waals surface area contributed by atoms with Gasteiger partial charge in [0.05, 0.1) is 14.2 Å². The first-order valence-corrected chi connectivity index (χ1v) is 6.76. The summed E-state index contributed by atoms with van der Waals surface area (Å²) in [7, 11) is 5.27. The highest BCUT2D eigenvalue weighted by Crippen LogP contribution is 2.42. The fraction of sp³-hybridized carbons (Fsp3) is 0.533. The van der Waals surface area contributed by atoms with Crippen molar-refractivity contribution in [2.45, 2.75) is 12.5 Å². The van der Waals surface area contributed by atoms with Crippen LogP contribution in [-0.4, -0.2) is 45.5 Å². The van der Waals surface area contributed by atoms with E-state index in [0.29, 0.717) is 29.5 Å². The first-order chi connectivity index (χ1) is 9.64. The van der Waals surface area contributed by atoms with Crippen LogP contribution in [0.25, 0.3) is 0 Å². The van der Waals surface area contributed by atoms with Crippen LogP contribution in [0.2, 0.25) is 0 Å². The highest BCUT2D eigenvalue weighted by Gasteiger charge is 2.32. The van der Waals surface area contributed by atoms with Gasteiger partial charge in [0, 0.05) is 23.7 Å². The summed E-state index contributed by atoms with van der Waals surface area (Å²) in [6, 6.07) is 3.78. The van der Waals surface area contributed by atoms with E-state index in [4.69, 9.17) is 15.2 Å². The van der Waals surface area contributed by atoms with Gasteiger partial charge in [-0.15, -0.1) is 0 Å². The summed E-state index contributed by atoms with van der Waals surface area (Å²) >= 11 is 0. The van der Waals surface area contributed by atoms with Gasteiger partial charge in [-0.05, 0) is 38.1 Å². The molecule has 0 amide bonds. The normalized spacial score (nSPS) is 22.8. The van der Waals surface area contributed by atoms with Gasteiger partial charge < -0.3 is 15.2 Å². The second-order valence-electron chi connectivity index (χ2n) is 5.26. The van der Waals surface area contributed by atoms with Gasteiger partial charge in [0.1, 0.15) is 6.29 Å². The molecule has 0 aliphatic carbocycles. The molecular weight excluding hydrogens is 256 g/mol. The average molecular weight is 278 g/mol. The van der Waals surface area contributed by atoms with E-state index in [1.165, 1.54) is 0 Å². The molecule has 0 radical (unpaired) electrons. The fourth-order valence-corrected chi connectivity index (χ4v) is 2.97. The molecule has 0 bridgehead atoms. The number of carbonyl (C=O) groups excluding carboxylic acids is 1. The van der Waals surface area contributed by atoms with E-state index in [-0.39, 0.29) is 6.04 Å². The molecule has 0 spiro atoms. The fourth-order valence-electron chi connectivity index (χ4n) is 2.97. The quantitative estimate of drug-likeness (QED) is 0.826. The maximum Gasteiger partial charge on any atom is 0.165 e. The lowest BCUT2D eigenvalue weighted by Crippen LogP contribution is -2.21. The van der Waals surface area contributed by atoms with Gasteiger partial charge >= 0.3 is 0 Å². The van der Waals surface area contributed by atoms with E-state index in [1.807, 2.05) is 6.07 Å². The van der Waals surface area contributed by atoms with Crippen molar-refractivity contribution in [1.29, 1.82) is 0 Å². The smallest absolute Gasteiger partial charge is 0.165 e. The van der Waals surface area contributed by atoms with Crippen LogP contribution in [0, 0.1) is 5.92 Å². The molecule has 5 heteroatoms. The van der Waals surface area contributed by atoms with Crippen molar-refractivity contribution < 1.29 is 14.3 Å². The lowest BCUT2D eigenvalue weighted by molar-refractivity contribution is 0.112. The zero-order valence-electron chi connectivity index (χ0n) is 12.3. The van der Waals surface area contributed by atoms with Crippen LogP contribution < -0.4 is 15.2 Å². The molecule has 1 heterocycles. The molecule has 2 N–H and O–H groups in total. The molecule has 1 saturated heterocycles. The van der Waals surface area contributed by atoms with Gasteiger partial charge in [0.2, 0.25) is 0 Å². The molecular formula is C15H22N2O3. The van der Waals surface area contributed by atoms with Crippen molar-refractivity contribution in [3.63, 3.8) is 0 Å². The third-order valence-corrected chi connectivity index (χ3v) is 3.99. The van der Waals surface area contributed by atoms with Gasteiger partial charge in [-0.1, -0.05) is 0 Å². The largest absolute Gasteiger partial charge is 0.493 e. The molecule has 2 unspecified atom stereocenters. The number of likely N-dealkylation sites (tertiary alicyclic amines) is 1. The standard InChI is InChI=1S/C15H22N2O3/c1-17-8-11(7-16)5-13(17)12-4-10(9-18)6-14(19-2)15(12)20-3/h4,6,9,11,13H,5,7-8,16H2,1-3H3. The summed E-state index contributed by atoms with van der Waals surface area (Å²) in [5.74, 6) is 1.77. The maximum absolute atomic E-state index is 11.1. The molecule has 5 nitrogen and oxygen atoms in total. The van der Waals surface area contributed by atoms with Gasteiger partial charge in [-0.25, -0.2) is 0 Å². The first kappa shape index (κ1) is 14.8. The van der Waals surface area contributed by atoms with Gasteiger partial charge in [-0.3, -0.25) is 9.69 Å². The predicted octanol–water partition coefficient (Wildman–Crippen LogP) is 1.47. The van der Waals surface area contributed by atoms with Crippen molar-refractivity contribution in [2.24, 2.45) is 11.7 Å². The summed E-state index contributed by atoms with van der Waals surface area (Å²) < 4.78 is 10.8. The first-order valence-electron chi connectivity index (χ1n) is 6.76. The molecule has 2 rings (SSSR count). The van der Waals surface area contributed by atoms with Gasteiger partial charge in [-0.2, -0.15) is 0 Å². The summed E-state index contributed by atoms with van der Waals surface area (Å²) in [6.45, 7) is 1.63. The Morgan fingerprint density at radius 2 is 2.15 bits per heavy atom. The Hall–Kier alpha value is -1.59. The lowest BCUT2D eigenvalue weighted by atomic mass is 9.97. The van der Waals surface area contributed by atoms with E-state index < -0.39 is 0 Å². The van der Waals surface area contributed by atoms with Crippen molar-refractivity contribution in [2.75, 3.05) is 34.4 Å². The number of nitrogens with two attached hydrogens (primary N) is 1. The maximum atomic E-state index is 11.1. The number of rotatable bonds is 5. The Morgan fingerprint density at radius 3 is 2.65 bits per heavy atom. The molecule has 0 aromatic heterocycles. The van der Waals surface area contributed by atoms with Crippen molar-refractivity contribution in [3.05, 3.63) is 23.3 Å². The van der Waals surface area contributed by atoms with Crippen molar-refractivity contribution in [3.8, 4) is 11.5 Å².